The summed E-state index contributed by atoms with van der Waals surface area (Å²) < 4.78 is 1.94. The minimum atomic E-state index is -0.834. The van der Waals surface area contributed by atoms with Gasteiger partial charge in [-0.2, -0.15) is 0 Å². The van der Waals surface area contributed by atoms with E-state index < -0.39 is 5.97 Å². The van der Waals surface area contributed by atoms with Crippen LogP contribution >= 0.6 is 0 Å². The molecule has 0 amide bonds. The topological polar surface area (TPSA) is 62.5 Å². The van der Waals surface area contributed by atoms with E-state index in [-0.39, 0.29) is 13.0 Å². The number of hydrogen-bond donors (Lipinski definition) is 2. The van der Waals surface area contributed by atoms with Gasteiger partial charge < -0.3 is 14.8 Å². The van der Waals surface area contributed by atoms with Gasteiger partial charge in [0.1, 0.15) is 0 Å². The van der Waals surface area contributed by atoms with Gasteiger partial charge in [-0.3, -0.25) is 4.79 Å². The summed E-state index contributed by atoms with van der Waals surface area (Å²) >= 11 is 0. The number of aliphatic hydroxyl groups excluding tert-OH is 1. The molecule has 0 fully saturated rings. The van der Waals surface area contributed by atoms with Crippen LogP contribution in [0.25, 0.3) is 10.9 Å². The van der Waals surface area contributed by atoms with Crippen LogP contribution in [-0.2, 0) is 17.8 Å². The molecule has 0 saturated heterocycles. The number of carboxylic acids is 1. The minimum absolute atomic E-state index is 0.0131. The third kappa shape index (κ3) is 2.11. The summed E-state index contributed by atoms with van der Waals surface area (Å²) in [6, 6.07) is 4.03. The maximum atomic E-state index is 10.9. The van der Waals surface area contributed by atoms with Crippen molar-refractivity contribution < 1.29 is 15.0 Å². The van der Waals surface area contributed by atoms with Gasteiger partial charge in [0, 0.05) is 18.1 Å². The molecule has 4 heteroatoms. The second-order valence-corrected chi connectivity index (χ2v) is 4.56. The molecule has 96 valence electrons. The molecule has 2 N–H and O–H groups in total. The molecule has 0 radical (unpaired) electrons. The van der Waals surface area contributed by atoms with Crippen LogP contribution in [0.3, 0.4) is 0 Å². The van der Waals surface area contributed by atoms with Crippen molar-refractivity contribution in [1.29, 1.82) is 0 Å². The summed E-state index contributed by atoms with van der Waals surface area (Å²) in [7, 11) is 0. The van der Waals surface area contributed by atoms with Gasteiger partial charge in [0.25, 0.3) is 0 Å². The van der Waals surface area contributed by atoms with Crippen LogP contribution in [0, 0.1) is 13.8 Å². The fraction of sp³-hybridized carbons (Fsp3) is 0.357. The average Bonchev–Trinajstić information content (AvgIpc) is 2.63. The Morgan fingerprint density at radius 1 is 1.28 bits per heavy atom. The molecule has 2 aromatic rings. The second-order valence-electron chi connectivity index (χ2n) is 4.56. The summed E-state index contributed by atoms with van der Waals surface area (Å²) in [6.07, 6.45) is 1.86. The Kier molecular flexibility index (Phi) is 3.39. The van der Waals surface area contributed by atoms with E-state index in [0.717, 1.165) is 27.6 Å². The number of nitrogens with zero attached hydrogens (tertiary/aromatic N) is 1. The van der Waals surface area contributed by atoms with Crippen molar-refractivity contribution in [2.75, 3.05) is 6.61 Å². The first kappa shape index (κ1) is 12.6. The Morgan fingerprint density at radius 2 is 1.94 bits per heavy atom. The largest absolute Gasteiger partial charge is 0.481 e. The number of benzene rings is 1. The van der Waals surface area contributed by atoms with E-state index in [1.54, 1.807) is 0 Å². The van der Waals surface area contributed by atoms with Gasteiger partial charge in [0.15, 0.2) is 0 Å². The number of fused-ring (bicyclic) bond motifs is 1. The van der Waals surface area contributed by atoms with Crippen molar-refractivity contribution in [2.24, 2.45) is 0 Å². The molecule has 0 atom stereocenters. The second kappa shape index (κ2) is 4.82. The monoisotopic (exact) mass is 247 g/mol. The van der Waals surface area contributed by atoms with Crippen molar-refractivity contribution >= 4 is 16.9 Å². The smallest absolute Gasteiger partial charge is 0.307 e. The molecule has 18 heavy (non-hydrogen) atoms. The van der Waals surface area contributed by atoms with Gasteiger partial charge in [-0.25, -0.2) is 0 Å². The summed E-state index contributed by atoms with van der Waals surface area (Å²) in [5.74, 6) is -0.834. The lowest BCUT2D eigenvalue weighted by atomic mass is 10.0. The van der Waals surface area contributed by atoms with E-state index in [0.29, 0.717) is 6.54 Å². The van der Waals surface area contributed by atoms with E-state index in [1.165, 1.54) is 0 Å². The third-order valence-corrected chi connectivity index (χ3v) is 3.19. The summed E-state index contributed by atoms with van der Waals surface area (Å²) in [5.41, 5.74) is 4.01. The molecule has 4 nitrogen and oxygen atoms in total. The molecule has 0 saturated carbocycles. The molecule has 0 bridgehead atoms. The van der Waals surface area contributed by atoms with E-state index in [1.807, 2.05) is 36.7 Å². The van der Waals surface area contributed by atoms with Crippen LogP contribution in [0.1, 0.15) is 16.7 Å². The number of aliphatic hydroxyl groups is 1. The maximum absolute atomic E-state index is 10.9. The first-order valence-corrected chi connectivity index (χ1v) is 5.95. The number of carbonyl (C=O) groups is 1. The zero-order valence-corrected chi connectivity index (χ0v) is 10.6. The number of carboxylic acid groups (broad SMARTS) is 1. The molecule has 0 aliphatic heterocycles. The summed E-state index contributed by atoms with van der Waals surface area (Å²) in [4.78, 5) is 10.9. The van der Waals surface area contributed by atoms with Gasteiger partial charge in [0.05, 0.1) is 18.5 Å². The lowest BCUT2D eigenvalue weighted by Gasteiger charge is -2.06. The predicted molar refractivity (Wildman–Crippen MR) is 69.8 cm³/mol. The minimum Gasteiger partial charge on any atom is -0.481 e. The highest BCUT2D eigenvalue weighted by molar-refractivity contribution is 5.92. The van der Waals surface area contributed by atoms with Crippen molar-refractivity contribution in [1.82, 2.24) is 4.57 Å². The third-order valence-electron chi connectivity index (χ3n) is 3.19. The van der Waals surface area contributed by atoms with Crippen LogP contribution in [0.5, 0.6) is 0 Å². The van der Waals surface area contributed by atoms with Crippen LogP contribution in [-0.4, -0.2) is 27.4 Å². The normalized spacial score (nSPS) is 11.1. The molecule has 0 unspecified atom stereocenters. The van der Waals surface area contributed by atoms with Crippen LogP contribution in [0.4, 0.5) is 0 Å². The van der Waals surface area contributed by atoms with Gasteiger partial charge in [-0.15, -0.1) is 0 Å². The van der Waals surface area contributed by atoms with Crippen molar-refractivity contribution in [3.63, 3.8) is 0 Å². The Morgan fingerprint density at radius 3 is 2.56 bits per heavy atom. The number of aryl methyl sites for hydroxylation is 2. The molecule has 1 heterocycles. The fourth-order valence-electron chi connectivity index (χ4n) is 2.47. The molecular weight excluding hydrogens is 230 g/mol. The molecule has 2 rings (SSSR count). The van der Waals surface area contributed by atoms with E-state index >= 15 is 0 Å². The highest BCUT2D eigenvalue weighted by atomic mass is 16.4. The zero-order chi connectivity index (χ0) is 13.3. The average molecular weight is 247 g/mol. The van der Waals surface area contributed by atoms with Gasteiger partial charge in [-0.1, -0.05) is 12.1 Å². The van der Waals surface area contributed by atoms with E-state index in [9.17, 15) is 4.79 Å². The predicted octanol–water partition coefficient (Wildman–Crippen LogP) is 1.88. The van der Waals surface area contributed by atoms with Gasteiger partial charge >= 0.3 is 5.97 Å². The molecule has 1 aromatic carbocycles. The Bertz CT molecular complexity index is 599. The van der Waals surface area contributed by atoms with Crippen LogP contribution < -0.4 is 0 Å². The standard InChI is InChI=1S/C14H17NO3/c1-9-3-4-10(2)14-13(9)11(7-12(17)18)8-15(14)5-6-16/h3-4,8,16H,5-7H2,1-2H3,(H,17,18). The Balaban J connectivity index is 2.71. The molecule has 0 aliphatic carbocycles. The first-order chi connectivity index (χ1) is 8.54. The highest BCUT2D eigenvalue weighted by Gasteiger charge is 2.14. The maximum Gasteiger partial charge on any atom is 0.307 e. The molecular formula is C14H17NO3. The van der Waals surface area contributed by atoms with Crippen LogP contribution in [0.15, 0.2) is 18.3 Å². The van der Waals surface area contributed by atoms with E-state index in [4.69, 9.17) is 10.2 Å². The lowest BCUT2D eigenvalue weighted by molar-refractivity contribution is -0.136. The summed E-state index contributed by atoms with van der Waals surface area (Å²) in [6.45, 7) is 4.51. The molecule has 0 spiro atoms. The number of aliphatic carboxylic acids is 1. The highest BCUT2D eigenvalue weighted by Crippen LogP contribution is 2.28. The van der Waals surface area contributed by atoms with Gasteiger partial charge in [-0.05, 0) is 30.5 Å². The first-order valence-electron chi connectivity index (χ1n) is 5.95. The van der Waals surface area contributed by atoms with Crippen molar-refractivity contribution in [3.8, 4) is 0 Å². The molecule has 0 aliphatic rings. The Hall–Kier alpha value is -1.81. The van der Waals surface area contributed by atoms with E-state index in [2.05, 4.69) is 0 Å². The quantitative estimate of drug-likeness (QED) is 0.867. The zero-order valence-electron chi connectivity index (χ0n) is 10.6. The lowest BCUT2D eigenvalue weighted by Crippen LogP contribution is -2.01. The van der Waals surface area contributed by atoms with Crippen molar-refractivity contribution in [2.45, 2.75) is 26.8 Å². The van der Waals surface area contributed by atoms with Crippen molar-refractivity contribution in [3.05, 3.63) is 35.0 Å². The van der Waals surface area contributed by atoms with Gasteiger partial charge in [0.2, 0.25) is 0 Å². The number of hydrogen-bond acceptors (Lipinski definition) is 2. The number of rotatable bonds is 4. The Labute approximate surface area is 105 Å². The van der Waals surface area contributed by atoms with Crippen LogP contribution in [0.2, 0.25) is 0 Å². The SMILES string of the molecule is Cc1ccc(C)c2c1c(CC(=O)O)cn2CCO. The summed E-state index contributed by atoms with van der Waals surface area (Å²) in [5, 5.41) is 19.1. The molecule has 1 aromatic heterocycles. The fourth-order valence-corrected chi connectivity index (χ4v) is 2.47. The number of aromatic nitrogens is 1.